The van der Waals surface area contributed by atoms with Gasteiger partial charge in [0.2, 0.25) is 0 Å². The number of nitrogens with zero attached hydrogens (tertiary/aromatic N) is 1. The van der Waals surface area contributed by atoms with Crippen molar-refractivity contribution in [1.29, 1.82) is 0 Å². The molecule has 1 aromatic carbocycles. The molecule has 0 aliphatic rings. The normalized spacial score (nSPS) is 10.6. The minimum Gasteiger partial charge on any atom is -0.461 e. The summed E-state index contributed by atoms with van der Waals surface area (Å²) < 4.78 is 7.08. The van der Waals surface area contributed by atoms with Gasteiger partial charge < -0.3 is 9.30 Å². The largest absolute Gasteiger partial charge is 0.461 e. The molecule has 1 heterocycles. The minimum absolute atomic E-state index is 0.251. The Balaban J connectivity index is 2.29. The topological polar surface area (TPSA) is 31.2 Å². The quantitative estimate of drug-likeness (QED) is 0.795. The number of esters is 1. The summed E-state index contributed by atoms with van der Waals surface area (Å²) in [5.74, 6) is -0.251. The maximum atomic E-state index is 12.0. The number of ether oxygens (including phenoxy) is 1. The molecular weight excluding hydrogens is 250 g/mol. The maximum absolute atomic E-state index is 12.0. The van der Waals surface area contributed by atoms with Gasteiger partial charge in [0, 0.05) is 12.7 Å². The number of benzene rings is 1. The summed E-state index contributed by atoms with van der Waals surface area (Å²) in [5.41, 5.74) is 5.33. The zero-order valence-electron chi connectivity index (χ0n) is 12.6. The van der Waals surface area contributed by atoms with Crippen LogP contribution in [0.25, 0.3) is 0 Å². The van der Waals surface area contributed by atoms with E-state index in [0.29, 0.717) is 18.8 Å². The monoisotopic (exact) mass is 271 g/mol. The molecule has 0 aliphatic carbocycles. The molecular formula is C17H21NO2. The minimum atomic E-state index is -0.251. The molecule has 0 radical (unpaired) electrons. The lowest BCUT2D eigenvalue weighted by Gasteiger charge is -2.11. The van der Waals surface area contributed by atoms with Gasteiger partial charge in [0.25, 0.3) is 0 Å². The van der Waals surface area contributed by atoms with Gasteiger partial charge in [-0.1, -0.05) is 18.2 Å². The van der Waals surface area contributed by atoms with Crippen LogP contribution >= 0.6 is 0 Å². The third kappa shape index (κ3) is 2.93. The Kier molecular flexibility index (Phi) is 4.28. The fourth-order valence-electron chi connectivity index (χ4n) is 2.29. The highest BCUT2D eigenvalue weighted by atomic mass is 16.5. The average molecular weight is 271 g/mol. The number of aryl methyl sites for hydroxylation is 3. The summed E-state index contributed by atoms with van der Waals surface area (Å²) in [6.07, 6.45) is 1.94. The average Bonchev–Trinajstić information content (AvgIpc) is 2.75. The first-order valence-corrected chi connectivity index (χ1v) is 6.92. The van der Waals surface area contributed by atoms with Crippen LogP contribution in [0.5, 0.6) is 0 Å². The van der Waals surface area contributed by atoms with E-state index in [1.54, 1.807) is 0 Å². The summed E-state index contributed by atoms with van der Waals surface area (Å²) in [6, 6.07) is 8.34. The Hall–Kier alpha value is -2.03. The van der Waals surface area contributed by atoms with Crippen molar-refractivity contribution in [3.63, 3.8) is 0 Å². The molecule has 20 heavy (non-hydrogen) atoms. The Morgan fingerprint density at radius 2 is 1.85 bits per heavy atom. The van der Waals surface area contributed by atoms with E-state index >= 15 is 0 Å². The predicted octanol–water partition coefficient (Wildman–Crippen LogP) is 3.64. The first-order chi connectivity index (χ1) is 9.52. The molecule has 0 saturated heterocycles. The molecule has 0 N–H and O–H groups in total. The second-order valence-electron chi connectivity index (χ2n) is 5.11. The van der Waals surface area contributed by atoms with Crippen LogP contribution in [0, 0.1) is 20.8 Å². The fourth-order valence-corrected chi connectivity index (χ4v) is 2.29. The second-order valence-corrected chi connectivity index (χ2v) is 5.11. The van der Waals surface area contributed by atoms with E-state index in [9.17, 15) is 4.79 Å². The van der Waals surface area contributed by atoms with Crippen LogP contribution in [0.4, 0.5) is 0 Å². The highest BCUT2D eigenvalue weighted by Gasteiger charge is 2.15. The molecule has 0 spiro atoms. The lowest BCUT2D eigenvalue weighted by atomic mass is 10.1. The van der Waals surface area contributed by atoms with Gasteiger partial charge in [-0.25, -0.2) is 4.79 Å². The van der Waals surface area contributed by atoms with Crippen LogP contribution in [-0.4, -0.2) is 17.1 Å². The summed E-state index contributed by atoms with van der Waals surface area (Å²) in [7, 11) is 0. The molecule has 3 heteroatoms. The molecule has 0 aliphatic heterocycles. The predicted molar refractivity (Wildman–Crippen MR) is 80.1 cm³/mol. The van der Waals surface area contributed by atoms with E-state index in [4.69, 9.17) is 4.74 Å². The number of aromatic nitrogens is 1. The maximum Gasteiger partial charge on any atom is 0.355 e. The smallest absolute Gasteiger partial charge is 0.355 e. The van der Waals surface area contributed by atoms with Crippen LogP contribution in [-0.2, 0) is 11.3 Å². The van der Waals surface area contributed by atoms with Crippen molar-refractivity contribution in [2.45, 2.75) is 34.2 Å². The zero-order chi connectivity index (χ0) is 14.7. The highest BCUT2D eigenvalue weighted by Crippen LogP contribution is 2.16. The summed E-state index contributed by atoms with van der Waals surface area (Å²) in [6.45, 7) is 9.04. The third-order valence-electron chi connectivity index (χ3n) is 3.56. The summed E-state index contributed by atoms with van der Waals surface area (Å²) in [5, 5.41) is 0. The lowest BCUT2D eigenvalue weighted by molar-refractivity contribution is 0.0513. The van der Waals surface area contributed by atoms with Crippen molar-refractivity contribution in [2.24, 2.45) is 0 Å². The van der Waals surface area contributed by atoms with Gasteiger partial charge in [-0.15, -0.1) is 0 Å². The number of hydrogen-bond donors (Lipinski definition) is 0. The number of carbonyl (C=O) groups is 1. The first kappa shape index (κ1) is 14.4. The molecule has 0 atom stereocenters. The van der Waals surface area contributed by atoms with Gasteiger partial charge in [0.15, 0.2) is 0 Å². The Morgan fingerprint density at radius 3 is 2.50 bits per heavy atom. The number of carbonyl (C=O) groups excluding carboxylic acids is 1. The molecule has 0 fully saturated rings. The Bertz CT molecular complexity index is 626. The standard InChI is InChI=1S/C17H21NO2/c1-5-20-17(19)16-13(3)8-9-18(16)11-15-7-6-12(2)14(4)10-15/h6-10H,5,11H2,1-4H3. The van der Waals surface area contributed by atoms with E-state index in [0.717, 1.165) is 5.56 Å². The van der Waals surface area contributed by atoms with E-state index in [1.165, 1.54) is 16.7 Å². The van der Waals surface area contributed by atoms with E-state index in [1.807, 2.05) is 30.7 Å². The molecule has 0 amide bonds. The van der Waals surface area contributed by atoms with Gasteiger partial charge in [0.1, 0.15) is 5.69 Å². The molecule has 0 saturated carbocycles. The SMILES string of the molecule is CCOC(=O)c1c(C)ccn1Cc1ccc(C)c(C)c1. The Morgan fingerprint density at radius 1 is 1.10 bits per heavy atom. The van der Waals surface area contributed by atoms with Crippen LogP contribution in [0.3, 0.4) is 0 Å². The molecule has 3 nitrogen and oxygen atoms in total. The number of rotatable bonds is 4. The van der Waals surface area contributed by atoms with Gasteiger partial charge in [-0.3, -0.25) is 0 Å². The molecule has 0 unspecified atom stereocenters. The van der Waals surface area contributed by atoms with Crippen molar-refractivity contribution >= 4 is 5.97 Å². The van der Waals surface area contributed by atoms with Crippen molar-refractivity contribution in [2.75, 3.05) is 6.61 Å². The van der Waals surface area contributed by atoms with Gasteiger partial charge in [0.05, 0.1) is 6.61 Å². The van der Waals surface area contributed by atoms with Crippen molar-refractivity contribution in [1.82, 2.24) is 4.57 Å². The zero-order valence-corrected chi connectivity index (χ0v) is 12.6. The van der Waals surface area contributed by atoms with E-state index in [-0.39, 0.29) is 5.97 Å². The van der Waals surface area contributed by atoms with Crippen molar-refractivity contribution < 1.29 is 9.53 Å². The van der Waals surface area contributed by atoms with Crippen LogP contribution in [0.1, 0.15) is 39.7 Å². The highest BCUT2D eigenvalue weighted by molar-refractivity contribution is 5.89. The number of hydrogen-bond acceptors (Lipinski definition) is 2. The summed E-state index contributed by atoms with van der Waals surface area (Å²) in [4.78, 5) is 12.0. The van der Waals surface area contributed by atoms with Crippen LogP contribution in [0.2, 0.25) is 0 Å². The third-order valence-corrected chi connectivity index (χ3v) is 3.56. The molecule has 0 bridgehead atoms. The summed E-state index contributed by atoms with van der Waals surface area (Å²) >= 11 is 0. The molecule has 1 aromatic heterocycles. The Labute approximate surface area is 120 Å². The fraction of sp³-hybridized carbons (Fsp3) is 0.353. The second kappa shape index (κ2) is 5.95. The lowest BCUT2D eigenvalue weighted by Crippen LogP contribution is -2.13. The van der Waals surface area contributed by atoms with E-state index < -0.39 is 0 Å². The van der Waals surface area contributed by atoms with E-state index in [2.05, 4.69) is 32.0 Å². The van der Waals surface area contributed by atoms with Crippen LogP contribution in [0.15, 0.2) is 30.5 Å². The van der Waals surface area contributed by atoms with Crippen LogP contribution < -0.4 is 0 Å². The van der Waals surface area contributed by atoms with Crippen molar-refractivity contribution in [3.05, 3.63) is 58.4 Å². The van der Waals surface area contributed by atoms with Crippen molar-refractivity contribution in [3.8, 4) is 0 Å². The first-order valence-electron chi connectivity index (χ1n) is 6.92. The van der Waals surface area contributed by atoms with Gasteiger partial charge in [-0.05, 0) is 56.0 Å². The molecule has 106 valence electrons. The van der Waals surface area contributed by atoms with Gasteiger partial charge >= 0.3 is 5.97 Å². The van der Waals surface area contributed by atoms with Gasteiger partial charge in [-0.2, -0.15) is 0 Å². The molecule has 2 rings (SSSR count). The molecule has 2 aromatic rings.